The van der Waals surface area contributed by atoms with E-state index in [9.17, 15) is 24.6 Å². The van der Waals surface area contributed by atoms with E-state index in [-0.39, 0.29) is 25.0 Å². The summed E-state index contributed by atoms with van der Waals surface area (Å²) in [4.78, 5) is 43.5. The summed E-state index contributed by atoms with van der Waals surface area (Å²) >= 11 is 0. The lowest BCUT2D eigenvalue weighted by atomic mass is 9.65. The van der Waals surface area contributed by atoms with Gasteiger partial charge in [0.2, 0.25) is 11.8 Å². The Hall–Kier alpha value is -1.93. The van der Waals surface area contributed by atoms with E-state index in [0.29, 0.717) is 19.3 Å². The number of aliphatic hydroxyl groups is 1. The molecule has 3 aliphatic heterocycles. The quantitative estimate of drug-likeness (QED) is 0.548. The van der Waals surface area contributed by atoms with Crippen LogP contribution in [0.15, 0.2) is 12.7 Å². The van der Waals surface area contributed by atoms with Gasteiger partial charge in [-0.3, -0.25) is 14.4 Å². The summed E-state index contributed by atoms with van der Waals surface area (Å²) in [5, 5.41) is 20.3. The molecule has 0 radical (unpaired) electrons. The lowest BCUT2D eigenvalue weighted by Crippen LogP contribution is -2.62. The monoisotopic (exact) mass is 450 g/mol. The zero-order valence-corrected chi connectivity index (χ0v) is 20.1. The molecule has 2 amide bonds. The summed E-state index contributed by atoms with van der Waals surface area (Å²) in [5.41, 5.74) is -2.71. The molecule has 8 heteroatoms. The van der Waals surface area contributed by atoms with Crippen molar-refractivity contribution in [1.82, 2.24) is 9.80 Å². The maximum atomic E-state index is 14.2. The maximum Gasteiger partial charge on any atom is 0.310 e. The van der Waals surface area contributed by atoms with E-state index >= 15 is 0 Å². The lowest BCUT2D eigenvalue weighted by molar-refractivity contribution is -0.162. The van der Waals surface area contributed by atoms with Crippen molar-refractivity contribution >= 4 is 17.8 Å². The largest absolute Gasteiger partial charge is 0.481 e. The molecule has 0 saturated carbocycles. The molecule has 0 aromatic rings. The van der Waals surface area contributed by atoms with Crippen LogP contribution >= 0.6 is 0 Å². The minimum absolute atomic E-state index is 0.127. The molecule has 0 aliphatic carbocycles. The summed E-state index contributed by atoms with van der Waals surface area (Å²) in [7, 11) is 0. The first-order chi connectivity index (χ1) is 14.8. The normalized spacial score (nSPS) is 34.7. The van der Waals surface area contributed by atoms with Gasteiger partial charge in [0.1, 0.15) is 17.6 Å². The van der Waals surface area contributed by atoms with E-state index in [1.54, 1.807) is 11.0 Å². The van der Waals surface area contributed by atoms with Crippen molar-refractivity contribution in [2.75, 3.05) is 13.2 Å². The molecule has 3 fully saturated rings. The van der Waals surface area contributed by atoms with Crippen molar-refractivity contribution in [2.45, 2.75) is 89.6 Å². The number of ether oxygens (including phenoxy) is 1. The van der Waals surface area contributed by atoms with Gasteiger partial charge in [-0.05, 0) is 46.0 Å². The molecule has 3 heterocycles. The highest BCUT2D eigenvalue weighted by Crippen LogP contribution is 2.64. The van der Waals surface area contributed by atoms with E-state index in [4.69, 9.17) is 4.74 Å². The van der Waals surface area contributed by atoms with Gasteiger partial charge in [-0.1, -0.05) is 26.8 Å². The van der Waals surface area contributed by atoms with Crippen LogP contribution in [-0.4, -0.2) is 79.8 Å². The van der Waals surface area contributed by atoms with E-state index in [2.05, 4.69) is 6.58 Å². The first-order valence-electron chi connectivity index (χ1n) is 11.6. The number of carboxylic acid groups (broad SMARTS) is 1. The molecule has 2 bridgehead atoms. The average Bonchev–Trinajstić information content (AvgIpc) is 3.29. The molecule has 3 saturated heterocycles. The third kappa shape index (κ3) is 3.29. The molecule has 6 atom stereocenters. The van der Waals surface area contributed by atoms with Gasteiger partial charge in [0, 0.05) is 12.1 Å². The average molecular weight is 451 g/mol. The van der Waals surface area contributed by atoms with Crippen LogP contribution in [0.5, 0.6) is 0 Å². The van der Waals surface area contributed by atoms with Gasteiger partial charge >= 0.3 is 5.97 Å². The zero-order chi connectivity index (χ0) is 24.2. The highest BCUT2D eigenvalue weighted by molar-refractivity contribution is 5.98. The number of carbonyl (C=O) groups excluding carboxylic acids is 2. The Balaban J connectivity index is 2.21. The fraction of sp³-hybridized carbons (Fsp3) is 0.792. The molecule has 2 unspecified atom stereocenters. The van der Waals surface area contributed by atoms with Crippen LogP contribution in [0.4, 0.5) is 0 Å². The number of nitrogens with zero attached hydrogens (tertiary/aromatic N) is 2. The lowest BCUT2D eigenvalue weighted by Gasteiger charge is -2.44. The third-order valence-corrected chi connectivity index (χ3v) is 7.82. The first kappa shape index (κ1) is 24.7. The summed E-state index contributed by atoms with van der Waals surface area (Å²) in [6.45, 7) is 15.1. The summed E-state index contributed by atoms with van der Waals surface area (Å²) in [6.07, 6.45) is 3.03. The van der Waals surface area contributed by atoms with E-state index in [0.717, 1.165) is 0 Å². The number of fused-ring (bicyclic) bond motifs is 1. The number of carboxylic acids is 1. The Kier molecular flexibility index (Phi) is 6.28. The molecular formula is C24H38N2O6. The predicted molar refractivity (Wildman–Crippen MR) is 119 cm³/mol. The van der Waals surface area contributed by atoms with Gasteiger partial charge in [-0.2, -0.15) is 0 Å². The van der Waals surface area contributed by atoms with Crippen LogP contribution < -0.4 is 0 Å². The van der Waals surface area contributed by atoms with Gasteiger partial charge in [0.25, 0.3) is 0 Å². The van der Waals surface area contributed by atoms with Crippen LogP contribution in [-0.2, 0) is 19.1 Å². The Bertz CT molecular complexity index is 805. The van der Waals surface area contributed by atoms with Crippen LogP contribution in [0.25, 0.3) is 0 Å². The molecule has 0 aromatic carbocycles. The van der Waals surface area contributed by atoms with Crippen LogP contribution in [0.2, 0.25) is 0 Å². The van der Waals surface area contributed by atoms with Crippen molar-refractivity contribution in [3.05, 3.63) is 12.7 Å². The molecule has 2 N–H and O–H groups in total. The van der Waals surface area contributed by atoms with Gasteiger partial charge in [0.15, 0.2) is 0 Å². The summed E-state index contributed by atoms with van der Waals surface area (Å²) < 4.78 is 6.55. The van der Waals surface area contributed by atoms with Crippen LogP contribution in [0.1, 0.15) is 60.8 Å². The zero-order valence-electron chi connectivity index (χ0n) is 20.1. The van der Waals surface area contributed by atoms with Crippen LogP contribution in [0, 0.1) is 17.8 Å². The minimum atomic E-state index is -1.21. The van der Waals surface area contributed by atoms with Crippen molar-refractivity contribution in [3.8, 4) is 0 Å². The van der Waals surface area contributed by atoms with Crippen LogP contribution in [0.3, 0.4) is 0 Å². The first-order valence-corrected chi connectivity index (χ1v) is 11.6. The molecule has 0 aromatic heterocycles. The Labute approximate surface area is 190 Å². The van der Waals surface area contributed by atoms with Crippen molar-refractivity contribution < 1.29 is 29.3 Å². The van der Waals surface area contributed by atoms with Gasteiger partial charge in [-0.15, -0.1) is 6.58 Å². The van der Waals surface area contributed by atoms with E-state index in [1.165, 1.54) is 4.90 Å². The number of rotatable bonds is 8. The fourth-order valence-electron chi connectivity index (χ4n) is 6.26. The number of aliphatic hydroxyl groups excluding tert-OH is 1. The smallest absolute Gasteiger partial charge is 0.310 e. The number of hydrogen-bond acceptors (Lipinski definition) is 5. The third-order valence-electron chi connectivity index (χ3n) is 7.82. The van der Waals surface area contributed by atoms with E-state index in [1.807, 2.05) is 41.5 Å². The van der Waals surface area contributed by atoms with Gasteiger partial charge < -0.3 is 24.7 Å². The number of hydrogen-bond donors (Lipinski definition) is 2. The number of aliphatic carboxylic acids is 1. The van der Waals surface area contributed by atoms with Gasteiger partial charge in [-0.25, -0.2) is 0 Å². The molecule has 180 valence electrons. The topological polar surface area (TPSA) is 107 Å². The molecule has 1 spiro atoms. The van der Waals surface area contributed by atoms with Crippen molar-refractivity contribution in [1.29, 1.82) is 0 Å². The maximum absolute atomic E-state index is 14.2. The highest BCUT2D eigenvalue weighted by Gasteiger charge is 2.79. The number of carbonyl (C=O) groups is 3. The molecule has 3 rings (SSSR count). The number of amides is 2. The standard InChI is InChI=1S/C24H38N2O6/c1-8-12-25(22(5,6)7)20(29)18-24-11-10-23(9-2,32-24)17(21(30)31)16(24)19(28)26(18)15(13-27)14(3)4/h8,14-18,27H,1,9-13H2,2-7H3,(H,30,31)/t15-,16-,17+,18?,23-,24?/m0/s1. The minimum Gasteiger partial charge on any atom is -0.481 e. The molecule has 32 heavy (non-hydrogen) atoms. The number of likely N-dealkylation sites (tertiary alicyclic amines) is 1. The Morgan fingerprint density at radius 1 is 1.34 bits per heavy atom. The summed E-state index contributed by atoms with van der Waals surface area (Å²) in [6, 6.07) is -1.60. The van der Waals surface area contributed by atoms with E-state index < -0.39 is 52.5 Å². The second kappa shape index (κ2) is 8.13. The molecule has 8 nitrogen and oxygen atoms in total. The Morgan fingerprint density at radius 2 is 1.97 bits per heavy atom. The highest BCUT2D eigenvalue weighted by atomic mass is 16.5. The molecule has 3 aliphatic rings. The second-order valence-electron chi connectivity index (χ2n) is 10.8. The van der Waals surface area contributed by atoms with Gasteiger partial charge in [0.05, 0.1) is 24.2 Å². The second-order valence-corrected chi connectivity index (χ2v) is 10.8. The Morgan fingerprint density at radius 3 is 2.41 bits per heavy atom. The summed E-state index contributed by atoms with van der Waals surface area (Å²) in [5.74, 6) is -3.83. The molecular weight excluding hydrogens is 412 g/mol. The predicted octanol–water partition coefficient (Wildman–Crippen LogP) is 2.06. The van der Waals surface area contributed by atoms with Crippen molar-refractivity contribution in [3.63, 3.8) is 0 Å². The van der Waals surface area contributed by atoms with Crippen molar-refractivity contribution in [2.24, 2.45) is 17.8 Å². The fourth-order valence-corrected chi connectivity index (χ4v) is 6.26. The SMILES string of the molecule is C=CCN(C(=O)C1N([C@@H](CO)C(C)C)C(=O)[C@@H]2[C@H](C(=O)O)[C@]3(CC)CCC12O3)C(C)(C)C.